The highest BCUT2D eigenvalue weighted by Crippen LogP contribution is 2.19. The second-order valence-electron chi connectivity index (χ2n) is 4.69. The second kappa shape index (κ2) is 7.56. The molecule has 0 aromatic carbocycles. The van der Waals surface area contributed by atoms with Crippen molar-refractivity contribution in [2.24, 2.45) is 17.4 Å². The highest BCUT2D eigenvalue weighted by atomic mass is 35.5. The Labute approximate surface area is 113 Å². The van der Waals surface area contributed by atoms with Gasteiger partial charge in [-0.2, -0.15) is 0 Å². The van der Waals surface area contributed by atoms with Gasteiger partial charge in [0.25, 0.3) is 0 Å². The van der Waals surface area contributed by atoms with E-state index in [4.69, 9.17) is 16.2 Å². The lowest BCUT2D eigenvalue weighted by atomic mass is 10.0. The van der Waals surface area contributed by atoms with Gasteiger partial charge in [-0.15, -0.1) is 12.4 Å². The molecule has 1 heterocycles. The first kappa shape index (κ1) is 17.2. The summed E-state index contributed by atoms with van der Waals surface area (Å²) in [5, 5.41) is 2.62. The molecule has 2 amide bonds. The van der Waals surface area contributed by atoms with Crippen molar-refractivity contribution in [1.29, 1.82) is 0 Å². The third-order valence-corrected chi connectivity index (χ3v) is 2.93. The zero-order chi connectivity index (χ0) is 13.0. The molecule has 0 aliphatic carbocycles. The summed E-state index contributed by atoms with van der Waals surface area (Å²) >= 11 is 0. The summed E-state index contributed by atoms with van der Waals surface area (Å²) in [7, 11) is 0. The van der Waals surface area contributed by atoms with Gasteiger partial charge in [-0.3, -0.25) is 9.59 Å². The Kier molecular flexibility index (Phi) is 7.20. The Morgan fingerprint density at radius 1 is 1.39 bits per heavy atom. The maximum Gasteiger partial charge on any atom is 0.249 e. The average Bonchev–Trinajstić information content (AvgIpc) is 2.73. The van der Waals surface area contributed by atoms with E-state index < -0.39 is 18.1 Å². The number of rotatable bonds is 5. The molecule has 6 nitrogen and oxygen atoms in total. The van der Waals surface area contributed by atoms with Crippen LogP contribution in [-0.2, 0) is 14.3 Å². The fourth-order valence-electron chi connectivity index (χ4n) is 1.88. The molecule has 0 saturated carbocycles. The minimum atomic E-state index is -0.650. The summed E-state index contributed by atoms with van der Waals surface area (Å²) in [6.45, 7) is 4.06. The molecule has 1 saturated heterocycles. The molecule has 1 unspecified atom stereocenters. The molecule has 0 radical (unpaired) electrons. The van der Waals surface area contributed by atoms with Crippen LogP contribution in [0, 0.1) is 5.92 Å². The van der Waals surface area contributed by atoms with Gasteiger partial charge in [-0.25, -0.2) is 0 Å². The lowest BCUT2D eigenvalue weighted by molar-refractivity contribution is -0.135. The van der Waals surface area contributed by atoms with Gasteiger partial charge < -0.3 is 21.5 Å². The lowest BCUT2D eigenvalue weighted by Crippen LogP contribution is -2.50. The molecular formula is C11H22ClN3O3. The first-order chi connectivity index (χ1) is 7.95. The smallest absolute Gasteiger partial charge is 0.249 e. The molecule has 1 aliphatic rings. The third kappa shape index (κ3) is 4.44. The van der Waals surface area contributed by atoms with Crippen LogP contribution < -0.4 is 16.8 Å². The van der Waals surface area contributed by atoms with Crippen LogP contribution in [0.1, 0.15) is 26.7 Å². The summed E-state index contributed by atoms with van der Waals surface area (Å²) in [5.41, 5.74) is 10.7. The van der Waals surface area contributed by atoms with Crippen molar-refractivity contribution in [3.8, 4) is 0 Å². The largest absolute Gasteiger partial charge is 0.368 e. The van der Waals surface area contributed by atoms with Crippen molar-refractivity contribution < 1.29 is 14.3 Å². The summed E-state index contributed by atoms with van der Waals surface area (Å²) in [5.74, 6) is -0.844. The predicted octanol–water partition coefficient (Wildman–Crippen LogP) is -0.459. The van der Waals surface area contributed by atoms with Crippen molar-refractivity contribution in [3.63, 3.8) is 0 Å². The fraction of sp³-hybridized carbons (Fsp3) is 0.818. The van der Waals surface area contributed by atoms with E-state index in [1.54, 1.807) is 0 Å². The molecule has 1 rings (SSSR count). The first-order valence-electron chi connectivity index (χ1n) is 5.91. The van der Waals surface area contributed by atoms with Gasteiger partial charge in [-0.05, 0) is 18.8 Å². The Morgan fingerprint density at radius 2 is 2.00 bits per heavy atom. The van der Waals surface area contributed by atoms with E-state index >= 15 is 0 Å². The SMILES string of the molecule is CC(C)C(NC(=O)[C@@H]1CC[C@H](CN)O1)C(N)=O.Cl. The van der Waals surface area contributed by atoms with Gasteiger partial charge in [-0.1, -0.05) is 13.8 Å². The van der Waals surface area contributed by atoms with E-state index in [-0.39, 0.29) is 30.3 Å². The topological polar surface area (TPSA) is 107 Å². The molecule has 7 heteroatoms. The number of primary amides is 1. The van der Waals surface area contributed by atoms with Gasteiger partial charge in [0.05, 0.1) is 6.10 Å². The van der Waals surface area contributed by atoms with Crippen LogP contribution in [0.15, 0.2) is 0 Å². The minimum absolute atomic E-state index is 0. The predicted molar refractivity (Wildman–Crippen MR) is 70.2 cm³/mol. The number of halogens is 1. The highest BCUT2D eigenvalue weighted by molar-refractivity contribution is 5.88. The third-order valence-electron chi connectivity index (χ3n) is 2.93. The zero-order valence-corrected chi connectivity index (χ0v) is 11.5. The fourth-order valence-corrected chi connectivity index (χ4v) is 1.88. The van der Waals surface area contributed by atoms with E-state index in [1.165, 1.54) is 0 Å². The summed E-state index contributed by atoms with van der Waals surface area (Å²) in [6.07, 6.45) is 0.843. The highest BCUT2D eigenvalue weighted by Gasteiger charge is 2.32. The maximum absolute atomic E-state index is 11.8. The molecule has 0 aromatic rings. The number of hydrogen-bond donors (Lipinski definition) is 3. The normalized spacial score (nSPS) is 24.4. The second-order valence-corrected chi connectivity index (χ2v) is 4.69. The molecule has 18 heavy (non-hydrogen) atoms. The molecule has 0 spiro atoms. The number of hydrogen-bond acceptors (Lipinski definition) is 4. The van der Waals surface area contributed by atoms with Crippen LogP contribution in [0.2, 0.25) is 0 Å². The molecule has 3 atom stereocenters. The van der Waals surface area contributed by atoms with Crippen LogP contribution in [0.25, 0.3) is 0 Å². The Balaban J connectivity index is 0.00000289. The molecule has 5 N–H and O–H groups in total. The van der Waals surface area contributed by atoms with E-state index in [2.05, 4.69) is 5.32 Å². The number of nitrogens with two attached hydrogens (primary N) is 2. The van der Waals surface area contributed by atoms with Gasteiger partial charge in [0.1, 0.15) is 12.1 Å². The van der Waals surface area contributed by atoms with Gasteiger partial charge in [0.15, 0.2) is 0 Å². The van der Waals surface area contributed by atoms with Crippen molar-refractivity contribution in [2.75, 3.05) is 6.54 Å². The number of carbonyl (C=O) groups is 2. The first-order valence-corrected chi connectivity index (χ1v) is 5.91. The monoisotopic (exact) mass is 279 g/mol. The Hall–Kier alpha value is -0.850. The lowest BCUT2D eigenvalue weighted by Gasteiger charge is -2.21. The number of carbonyl (C=O) groups excluding carboxylic acids is 2. The van der Waals surface area contributed by atoms with E-state index in [9.17, 15) is 9.59 Å². The number of ether oxygens (including phenoxy) is 1. The minimum Gasteiger partial charge on any atom is -0.368 e. The molecule has 106 valence electrons. The van der Waals surface area contributed by atoms with Crippen molar-refractivity contribution in [3.05, 3.63) is 0 Å². The Morgan fingerprint density at radius 3 is 2.39 bits per heavy atom. The summed E-state index contributed by atoms with van der Waals surface area (Å²) in [6, 6.07) is -0.650. The molecule has 1 aliphatic heterocycles. The molecular weight excluding hydrogens is 258 g/mol. The van der Waals surface area contributed by atoms with Crippen LogP contribution in [0.4, 0.5) is 0 Å². The quantitative estimate of drug-likeness (QED) is 0.633. The zero-order valence-electron chi connectivity index (χ0n) is 10.7. The molecule has 0 aromatic heterocycles. The standard InChI is InChI=1S/C11H21N3O3.ClH/c1-6(2)9(10(13)15)14-11(16)8-4-3-7(5-12)17-8;/h6-9H,3-5,12H2,1-2H3,(H2,13,15)(H,14,16);1H/t7-,8+,9?;/m1./s1. The van der Waals surface area contributed by atoms with E-state index in [0.29, 0.717) is 13.0 Å². The van der Waals surface area contributed by atoms with Gasteiger partial charge >= 0.3 is 0 Å². The van der Waals surface area contributed by atoms with Gasteiger partial charge in [0.2, 0.25) is 11.8 Å². The number of nitrogens with one attached hydrogen (secondary N) is 1. The van der Waals surface area contributed by atoms with Crippen molar-refractivity contribution in [2.45, 2.75) is 44.9 Å². The average molecular weight is 280 g/mol. The van der Waals surface area contributed by atoms with E-state index in [1.807, 2.05) is 13.8 Å². The van der Waals surface area contributed by atoms with E-state index in [0.717, 1.165) is 6.42 Å². The molecule has 0 bridgehead atoms. The van der Waals surface area contributed by atoms with Crippen LogP contribution in [0.5, 0.6) is 0 Å². The molecule has 1 fully saturated rings. The van der Waals surface area contributed by atoms with Crippen LogP contribution in [-0.4, -0.2) is 36.6 Å². The van der Waals surface area contributed by atoms with Gasteiger partial charge in [0, 0.05) is 6.54 Å². The Bertz CT molecular complexity index is 299. The van der Waals surface area contributed by atoms with Crippen LogP contribution in [0.3, 0.4) is 0 Å². The van der Waals surface area contributed by atoms with Crippen LogP contribution >= 0.6 is 12.4 Å². The van der Waals surface area contributed by atoms with Crippen molar-refractivity contribution in [1.82, 2.24) is 5.32 Å². The summed E-state index contributed by atoms with van der Waals surface area (Å²) in [4.78, 5) is 23.0. The number of amides is 2. The summed E-state index contributed by atoms with van der Waals surface area (Å²) < 4.78 is 5.44. The van der Waals surface area contributed by atoms with Crippen molar-refractivity contribution >= 4 is 24.2 Å². The maximum atomic E-state index is 11.8.